The third-order valence-corrected chi connectivity index (χ3v) is 4.88. The molecule has 1 aliphatic heterocycles. The van der Waals surface area contributed by atoms with Crippen LogP contribution in [0.1, 0.15) is 33.4 Å². The number of benzene rings is 2. The first-order chi connectivity index (χ1) is 12.7. The van der Waals surface area contributed by atoms with E-state index in [4.69, 9.17) is 4.74 Å². The second kappa shape index (κ2) is 7.39. The Labute approximate surface area is 159 Å². The van der Waals surface area contributed by atoms with Gasteiger partial charge in [-0.3, -0.25) is 4.79 Å². The normalized spacial score (nSPS) is 16.1. The van der Waals surface area contributed by atoms with Crippen LogP contribution in [-0.4, -0.2) is 20.9 Å². The van der Waals surface area contributed by atoms with Crippen LogP contribution in [0.4, 0.5) is 0 Å². The number of hydrogen-bond acceptors (Lipinski definition) is 4. The molecule has 7 heteroatoms. The Kier molecular flexibility index (Phi) is 4.81. The number of hydrogen-bond donors (Lipinski definition) is 1. The SMILES string of the molecule is O=C(NCc1ccccc1)c1nnn2c1COC(c1ccc(Br)cc1)C2. The molecule has 4 rings (SSSR count). The first kappa shape index (κ1) is 16.9. The van der Waals surface area contributed by atoms with Crippen molar-refractivity contribution in [2.24, 2.45) is 0 Å². The highest BCUT2D eigenvalue weighted by Gasteiger charge is 2.27. The second-order valence-corrected chi connectivity index (χ2v) is 7.00. The highest BCUT2D eigenvalue weighted by Crippen LogP contribution is 2.27. The van der Waals surface area contributed by atoms with Gasteiger partial charge < -0.3 is 10.1 Å². The maximum absolute atomic E-state index is 12.5. The van der Waals surface area contributed by atoms with E-state index in [2.05, 4.69) is 31.6 Å². The van der Waals surface area contributed by atoms with Crippen molar-refractivity contribution in [2.45, 2.75) is 25.8 Å². The Bertz CT molecular complexity index is 909. The van der Waals surface area contributed by atoms with Crippen LogP contribution in [0.5, 0.6) is 0 Å². The molecule has 3 aromatic rings. The van der Waals surface area contributed by atoms with E-state index in [-0.39, 0.29) is 12.0 Å². The van der Waals surface area contributed by atoms with E-state index >= 15 is 0 Å². The fraction of sp³-hybridized carbons (Fsp3) is 0.211. The van der Waals surface area contributed by atoms with E-state index in [1.807, 2.05) is 54.6 Å². The van der Waals surface area contributed by atoms with Gasteiger partial charge in [0, 0.05) is 11.0 Å². The molecule has 132 valence electrons. The van der Waals surface area contributed by atoms with E-state index < -0.39 is 0 Å². The van der Waals surface area contributed by atoms with Gasteiger partial charge in [-0.05, 0) is 23.3 Å². The van der Waals surface area contributed by atoms with Crippen LogP contribution in [0.15, 0.2) is 59.1 Å². The molecule has 1 amide bonds. The summed E-state index contributed by atoms with van der Waals surface area (Å²) in [7, 11) is 0. The fourth-order valence-electron chi connectivity index (χ4n) is 2.93. The molecule has 0 spiro atoms. The van der Waals surface area contributed by atoms with Gasteiger partial charge in [0.25, 0.3) is 5.91 Å². The van der Waals surface area contributed by atoms with Crippen molar-refractivity contribution in [3.63, 3.8) is 0 Å². The average Bonchev–Trinajstić information content (AvgIpc) is 3.11. The topological polar surface area (TPSA) is 69.0 Å². The molecule has 0 saturated heterocycles. The fourth-order valence-corrected chi connectivity index (χ4v) is 3.19. The van der Waals surface area contributed by atoms with Gasteiger partial charge in [0.1, 0.15) is 6.10 Å². The van der Waals surface area contributed by atoms with E-state index in [1.165, 1.54) is 0 Å². The Morgan fingerprint density at radius 2 is 1.96 bits per heavy atom. The zero-order valence-corrected chi connectivity index (χ0v) is 15.5. The van der Waals surface area contributed by atoms with Crippen LogP contribution in [0.25, 0.3) is 0 Å². The van der Waals surface area contributed by atoms with Gasteiger partial charge in [0.05, 0.1) is 18.8 Å². The highest BCUT2D eigenvalue weighted by molar-refractivity contribution is 9.10. The van der Waals surface area contributed by atoms with Crippen molar-refractivity contribution in [1.29, 1.82) is 0 Å². The Balaban J connectivity index is 1.45. The summed E-state index contributed by atoms with van der Waals surface area (Å²) in [5, 5.41) is 11.1. The van der Waals surface area contributed by atoms with Crippen molar-refractivity contribution in [3.8, 4) is 0 Å². The van der Waals surface area contributed by atoms with Crippen molar-refractivity contribution < 1.29 is 9.53 Å². The number of aromatic nitrogens is 3. The lowest BCUT2D eigenvalue weighted by Crippen LogP contribution is -2.27. The first-order valence-electron chi connectivity index (χ1n) is 8.32. The van der Waals surface area contributed by atoms with Crippen LogP contribution < -0.4 is 5.32 Å². The van der Waals surface area contributed by atoms with E-state index in [0.29, 0.717) is 31.1 Å². The summed E-state index contributed by atoms with van der Waals surface area (Å²) in [6.07, 6.45) is -0.0995. The number of rotatable bonds is 4. The molecule has 1 aliphatic rings. The monoisotopic (exact) mass is 412 g/mol. The predicted octanol–water partition coefficient (Wildman–Crippen LogP) is 3.24. The van der Waals surface area contributed by atoms with Crippen LogP contribution in [0.3, 0.4) is 0 Å². The molecule has 1 unspecified atom stereocenters. The van der Waals surface area contributed by atoms with Gasteiger partial charge in [-0.25, -0.2) is 4.68 Å². The summed E-state index contributed by atoms with van der Waals surface area (Å²) < 4.78 is 8.73. The number of halogens is 1. The minimum absolute atomic E-state index is 0.0995. The van der Waals surface area contributed by atoms with E-state index in [9.17, 15) is 4.79 Å². The largest absolute Gasteiger partial charge is 0.365 e. The average molecular weight is 413 g/mol. The van der Waals surface area contributed by atoms with Gasteiger partial charge in [0.15, 0.2) is 5.69 Å². The van der Waals surface area contributed by atoms with Gasteiger partial charge >= 0.3 is 0 Å². The molecule has 0 fully saturated rings. The van der Waals surface area contributed by atoms with Crippen molar-refractivity contribution in [2.75, 3.05) is 0 Å². The van der Waals surface area contributed by atoms with Crippen LogP contribution >= 0.6 is 15.9 Å². The number of carbonyl (C=O) groups excluding carboxylic acids is 1. The molecule has 1 atom stereocenters. The van der Waals surface area contributed by atoms with Crippen molar-refractivity contribution in [3.05, 3.63) is 81.6 Å². The molecule has 2 heterocycles. The number of carbonyl (C=O) groups is 1. The number of nitrogens with zero attached hydrogens (tertiary/aromatic N) is 3. The van der Waals surface area contributed by atoms with E-state index in [1.54, 1.807) is 4.68 Å². The molecular formula is C19H17BrN4O2. The van der Waals surface area contributed by atoms with Gasteiger partial charge in [-0.2, -0.15) is 0 Å². The standard InChI is InChI=1S/C19H17BrN4O2/c20-15-8-6-14(7-9-15)17-11-24-16(12-26-17)18(22-23-24)19(25)21-10-13-4-2-1-3-5-13/h1-9,17H,10-12H2,(H,21,25). The van der Waals surface area contributed by atoms with Crippen LogP contribution in [0, 0.1) is 0 Å². The van der Waals surface area contributed by atoms with Crippen LogP contribution in [-0.2, 0) is 24.4 Å². The zero-order chi connectivity index (χ0) is 17.9. The second-order valence-electron chi connectivity index (χ2n) is 6.09. The van der Waals surface area contributed by atoms with Crippen LogP contribution in [0.2, 0.25) is 0 Å². The lowest BCUT2D eigenvalue weighted by molar-refractivity contribution is -0.00177. The van der Waals surface area contributed by atoms with Gasteiger partial charge in [-0.1, -0.05) is 63.6 Å². The Morgan fingerprint density at radius 1 is 1.19 bits per heavy atom. The van der Waals surface area contributed by atoms with Crippen molar-refractivity contribution in [1.82, 2.24) is 20.3 Å². The predicted molar refractivity (Wildman–Crippen MR) is 99.3 cm³/mol. The Morgan fingerprint density at radius 3 is 2.73 bits per heavy atom. The lowest BCUT2D eigenvalue weighted by Gasteiger charge is -2.24. The summed E-state index contributed by atoms with van der Waals surface area (Å²) in [4.78, 5) is 12.5. The highest BCUT2D eigenvalue weighted by atomic mass is 79.9. The molecule has 2 aromatic carbocycles. The summed E-state index contributed by atoms with van der Waals surface area (Å²) in [6, 6.07) is 17.8. The maximum Gasteiger partial charge on any atom is 0.274 e. The van der Waals surface area contributed by atoms with Gasteiger partial charge in [0.2, 0.25) is 0 Å². The van der Waals surface area contributed by atoms with E-state index in [0.717, 1.165) is 15.6 Å². The smallest absolute Gasteiger partial charge is 0.274 e. The Hall–Kier alpha value is -2.51. The van der Waals surface area contributed by atoms with Gasteiger partial charge in [-0.15, -0.1) is 5.10 Å². The minimum atomic E-state index is -0.235. The molecule has 1 aromatic heterocycles. The molecule has 0 bridgehead atoms. The molecule has 0 aliphatic carbocycles. The number of fused-ring (bicyclic) bond motifs is 1. The third-order valence-electron chi connectivity index (χ3n) is 4.35. The lowest BCUT2D eigenvalue weighted by atomic mass is 10.1. The summed E-state index contributed by atoms with van der Waals surface area (Å²) in [5.74, 6) is -0.235. The molecule has 0 radical (unpaired) electrons. The van der Waals surface area contributed by atoms with Crippen molar-refractivity contribution >= 4 is 21.8 Å². The number of ether oxygens (including phenoxy) is 1. The molecule has 6 nitrogen and oxygen atoms in total. The molecule has 0 saturated carbocycles. The summed E-state index contributed by atoms with van der Waals surface area (Å²) >= 11 is 3.43. The number of amides is 1. The summed E-state index contributed by atoms with van der Waals surface area (Å²) in [6.45, 7) is 1.30. The minimum Gasteiger partial charge on any atom is -0.365 e. The summed E-state index contributed by atoms with van der Waals surface area (Å²) in [5.41, 5.74) is 3.15. The molecule has 1 N–H and O–H groups in total. The first-order valence-corrected chi connectivity index (χ1v) is 9.11. The maximum atomic E-state index is 12.5. The number of nitrogens with one attached hydrogen (secondary N) is 1. The zero-order valence-electron chi connectivity index (χ0n) is 13.9. The quantitative estimate of drug-likeness (QED) is 0.713. The molecule has 26 heavy (non-hydrogen) atoms. The molecular weight excluding hydrogens is 396 g/mol. The third kappa shape index (κ3) is 3.54.